The molecule has 9 heteroatoms. The summed E-state index contributed by atoms with van der Waals surface area (Å²) >= 11 is 4.32. The van der Waals surface area contributed by atoms with Crippen LogP contribution in [0.1, 0.15) is 0 Å². The van der Waals surface area contributed by atoms with E-state index < -0.39 is 9.37 Å². The Morgan fingerprint density at radius 3 is 2.41 bits per heavy atom. The number of rotatable bonds is 1. The third-order valence-electron chi connectivity index (χ3n) is 1.88. The average molecular weight is 327 g/mol. The van der Waals surface area contributed by atoms with Crippen LogP contribution < -0.4 is 5.56 Å². The summed E-state index contributed by atoms with van der Waals surface area (Å²) < 4.78 is 9.81. The van der Waals surface area contributed by atoms with Crippen molar-refractivity contribution in [1.29, 1.82) is 0 Å². The van der Waals surface area contributed by atoms with Gasteiger partial charge >= 0.3 is 4.45 Å². The zero-order chi connectivity index (χ0) is 12.9. The summed E-state index contributed by atoms with van der Waals surface area (Å²) in [5.41, 5.74) is 0.0741. The van der Waals surface area contributed by atoms with Gasteiger partial charge in [-0.3, -0.25) is 18.9 Å². The molecule has 1 aliphatic heterocycles. The Balaban J connectivity index is 0.000000181. The number of aromatic nitrogens is 1. The van der Waals surface area contributed by atoms with Crippen LogP contribution in [-0.4, -0.2) is 33.3 Å². The molecule has 96 valence electrons. The molecule has 0 atom stereocenters. The second-order valence-corrected chi connectivity index (χ2v) is 5.74. The van der Waals surface area contributed by atoms with Gasteiger partial charge in [-0.2, -0.15) is 0 Å². The van der Waals surface area contributed by atoms with Gasteiger partial charge in [-0.05, 0) is 0 Å². The molecule has 1 fully saturated rings. The maximum absolute atomic E-state index is 10.4. The molecule has 0 N–H and O–H groups in total. The molecular formula is C8H11BrN2O5S. The first kappa shape index (κ1) is 14.3. The second kappa shape index (κ2) is 6.24. The fourth-order valence-corrected chi connectivity index (χ4v) is 1.79. The predicted octanol–water partition coefficient (Wildman–Crippen LogP) is 0.805. The Morgan fingerprint density at radius 2 is 2.18 bits per heavy atom. The smallest absolute Gasteiger partial charge is 0.320 e. The van der Waals surface area contributed by atoms with Crippen molar-refractivity contribution >= 4 is 27.5 Å². The summed E-state index contributed by atoms with van der Waals surface area (Å²) in [5.74, 6) is 0. The molecule has 7 nitrogen and oxygen atoms in total. The van der Waals surface area contributed by atoms with Crippen LogP contribution in [0.2, 0.25) is 0 Å². The van der Waals surface area contributed by atoms with E-state index in [1.807, 2.05) is 0 Å². The third-order valence-corrected chi connectivity index (χ3v) is 3.38. The number of ether oxygens (including phenoxy) is 2. The van der Waals surface area contributed by atoms with Crippen molar-refractivity contribution in [1.82, 2.24) is 3.96 Å². The molecule has 2 heterocycles. The minimum atomic E-state index is -1.23. The van der Waals surface area contributed by atoms with Crippen LogP contribution in [0, 0.1) is 10.1 Å². The molecule has 0 spiro atoms. The van der Waals surface area contributed by atoms with Gasteiger partial charge in [-0.1, -0.05) is 11.5 Å². The lowest BCUT2D eigenvalue weighted by Gasteiger charge is -2.23. The number of aryl methyl sites for hydroxylation is 1. The molecule has 0 bridgehead atoms. The van der Waals surface area contributed by atoms with Gasteiger partial charge in [0, 0.05) is 39.3 Å². The lowest BCUT2D eigenvalue weighted by molar-refractivity contribution is -0.552. The summed E-state index contributed by atoms with van der Waals surface area (Å²) in [6.07, 6.45) is 0. The lowest BCUT2D eigenvalue weighted by Crippen LogP contribution is -2.45. The van der Waals surface area contributed by atoms with Gasteiger partial charge in [-0.25, -0.2) is 0 Å². The summed E-state index contributed by atoms with van der Waals surface area (Å²) in [5, 5.41) is 12.0. The minimum absolute atomic E-state index is 0.0556. The van der Waals surface area contributed by atoms with E-state index in [9.17, 15) is 14.9 Å². The van der Waals surface area contributed by atoms with Crippen molar-refractivity contribution in [3.05, 3.63) is 31.9 Å². The molecule has 0 aromatic carbocycles. The fourth-order valence-electron chi connectivity index (χ4n) is 0.939. The first-order valence-corrected chi connectivity index (χ1v) is 6.18. The highest BCUT2D eigenvalue weighted by atomic mass is 79.9. The van der Waals surface area contributed by atoms with Crippen LogP contribution in [-0.2, 0) is 16.5 Å². The van der Waals surface area contributed by atoms with Gasteiger partial charge in [0.1, 0.15) is 20.0 Å². The lowest BCUT2D eigenvalue weighted by atomic mass is 10.3. The van der Waals surface area contributed by atoms with E-state index in [0.29, 0.717) is 0 Å². The molecular weight excluding hydrogens is 316 g/mol. The molecule has 0 aliphatic carbocycles. The van der Waals surface area contributed by atoms with Gasteiger partial charge in [0.2, 0.25) is 0 Å². The van der Waals surface area contributed by atoms with Gasteiger partial charge in [0.25, 0.3) is 5.56 Å². The monoisotopic (exact) mass is 326 g/mol. The van der Waals surface area contributed by atoms with E-state index >= 15 is 0 Å². The molecule has 1 aromatic heterocycles. The Bertz CT molecular complexity index is 426. The normalized spacial score (nSPS) is 18.0. The first-order valence-electron chi connectivity index (χ1n) is 4.55. The third kappa shape index (κ3) is 4.19. The number of halogens is 1. The van der Waals surface area contributed by atoms with Crippen LogP contribution >= 0.6 is 27.5 Å². The fraction of sp³-hybridized carbons (Fsp3) is 0.625. The van der Waals surface area contributed by atoms with E-state index in [0.717, 1.165) is 0 Å². The highest BCUT2D eigenvalue weighted by Gasteiger charge is 2.43. The number of nitro groups is 1. The Kier molecular flexibility index (Phi) is 5.25. The van der Waals surface area contributed by atoms with Gasteiger partial charge in [-0.15, -0.1) is 0 Å². The molecule has 1 aromatic rings. The van der Waals surface area contributed by atoms with Gasteiger partial charge in [0.15, 0.2) is 0 Å². The van der Waals surface area contributed by atoms with E-state index in [-0.39, 0.29) is 25.6 Å². The average Bonchev–Trinajstić information content (AvgIpc) is 2.65. The van der Waals surface area contributed by atoms with Crippen LogP contribution in [0.4, 0.5) is 0 Å². The summed E-state index contributed by atoms with van der Waals surface area (Å²) in [7, 11) is 1.74. The molecule has 1 aliphatic rings. The van der Waals surface area contributed by atoms with Crippen LogP contribution in [0.3, 0.4) is 0 Å². The number of nitrogens with zero attached hydrogens (tertiary/aromatic N) is 2. The molecule has 0 amide bonds. The molecule has 17 heavy (non-hydrogen) atoms. The summed E-state index contributed by atoms with van der Waals surface area (Å²) in [6.45, 7) is 0.251. The Morgan fingerprint density at radius 1 is 1.59 bits per heavy atom. The van der Waals surface area contributed by atoms with Gasteiger partial charge < -0.3 is 9.47 Å². The zero-order valence-electron chi connectivity index (χ0n) is 9.00. The standard InChI is InChI=1S/C4H6BrNO4.C4H5NOS/c5-4(6(7)8)1-9-3-10-2-4;1-5-4(6)2-3-7-5/h1-3H2;2-3H,1H3. The zero-order valence-corrected chi connectivity index (χ0v) is 11.4. The molecule has 2 rings (SSSR count). The van der Waals surface area contributed by atoms with Crippen molar-refractivity contribution in [2.45, 2.75) is 4.45 Å². The summed E-state index contributed by atoms with van der Waals surface area (Å²) in [4.78, 5) is 20.2. The maximum atomic E-state index is 10.4. The van der Waals surface area contributed by atoms with E-state index in [1.165, 1.54) is 11.5 Å². The van der Waals surface area contributed by atoms with Crippen molar-refractivity contribution < 1.29 is 14.4 Å². The van der Waals surface area contributed by atoms with Crippen LogP contribution in [0.15, 0.2) is 16.2 Å². The molecule has 0 radical (unpaired) electrons. The van der Waals surface area contributed by atoms with Crippen LogP contribution in [0.5, 0.6) is 0 Å². The Hall–Kier alpha value is -0.770. The molecule has 1 saturated heterocycles. The highest BCUT2D eigenvalue weighted by Crippen LogP contribution is 2.22. The van der Waals surface area contributed by atoms with E-state index in [4.69, 9.17) is 9.47 Å². The van der Waals surface area contributed by atoms with E-state index in [2.05, 4.69) is 15.9 Å². The number of hydrogen-bond acceptors (Lipinski definition) is 6. The van der Waals surface area contributed by atoms with Crippen molar-refractivity contribution in [3.63, 3.8) is 0 Å². The highest BCUT2D eigenvalue weighted by molar-refractivity contribution is 9.10. The molecule has 0 saturated carbocycles. The Labute approximate surface area is 109 Å². The molecule has 0 unspecified atom stereocenters. The van der Waals surface area contributed by atoms with Crippen LogP contribution in [0.25, 0.3) is 0 Å². The number of alkyl halides is 1. The summed E-state index contributed by atoms with van der Waals surface area (Å²) in [6, 6.07) is 1.55. The second-order valence-electron chi connectivity index (χ2n) is 3.23. The maximum Gasteiger partial charge on any atom is 0.320 e. The predicted molar refractivity (Wildman–Crippen MR) is 65.0 cm³/mol. The number of hydrogen-bond donors (Lipinski definition) is 0. The van der Waals surface area contributed by atoms with Crippen molar-refractivity contribution in [2.24, 2.45) is 7.05 Å². The van der Waals surface area contributed by atoms with Crippen molar-refractivity contribution in [2.75, 3.05) is 20.0 Å². The first-order chi connectivity index (χ1) is 7.96. The van der Waals surface area contributed by atoms with E-state index in [1.54, 1.807) is 22.5 Å². The minimum Gasteiger partial charge on any atom is -0.347 e. The van der Waals surface area contributed by atoms with Gasteiger partial charge in [0.05, 0.1) is 0 Å². The largest absolute Gasteiger partial charge is 0.347 e. The van der Waals surface area contributed by atoms with Crippen molar-refractivity contribution in [3.8, 4) is 0 Å². The topological polar surface area (TPSA) is 83.6 Å². The quantitative estimate of drug-likeness (QED) is 0.330. The SMILES string of the molecule is Cn1sccc1=O.O=[N+]([O-])C1(Br)COCOC1.